The number of aromatic nitrogens is 2. The van der Waals surface area contributed by atoms with Crippen molar-refractivity contribution in [1.29, 1.82) is 0 Å². The number of nitrogens with one attached hydrogen (secondary N) is 3. The van der Waals surface area contributed by atoms with E-state index in [0.717, 1.165) is 42.7 Å². The van der Waals surface area contributed by atoms with E-state index in [2.05, 4.69) is 37.7 Å². The van der Waals surface area contributed by atoms with Crippen molar-refractivity contribution in [2.45, 2.75) is 26.2 Å². The molecule has 168 valence electrons. The Bertz CT molecular complexity index is 1010. The molecule has 5 rings (SSSR count). The summed E-state index contributed by atoms with van der Waals surface area (Å²) < 4.78 is 0. The lowest BCUT2D eigenvalue weighted by Gasteiger charge is -2.18. The fourth-order valence-electron chi connectivity index (χ4n) is 5.37. The molecule has 2 heterocycles. The number of imide groups is 1. The summed E-state index contributed by atoms with van der Waals surface area (Å²) in [6.07, 6.45) is 6.91. The third-order valence-electron chi connectivity index (χ3n) is 6.81. The second-order valence-electron chi connectivity index (χ2n) is 8.82. The largest absolute Gasteiger partial charge is 0.357 e. The summed E-state index contributed by atoms with van der Waals surface area (Å²) in [5.74, 6) is 1.95. The van der Waals surface area contributed by atoms with E-state index in [1.54, 1.807) is 0 Å². The minimum absolute atomic E-state index is 0.00595. The number of para-hydroxylation sites is 2. The van der Waals surface area contributed by atoms with Gasteiger partial charge < -0.3 is 15.6 Å². The number of amides is 2. The predicted octanol–water partition coefficient (Wildman–Crippen LogP) is 1.86. The van der Waals surface area contributed by atoms with Gasteiger partial charge in [0.15, 0.2) is 5.96 Å². The molecule has 2 bridgehead atoms. The highest BCUT2D eigenvalue weighted by molar-refractivity contribution is 6.06. The fraction of sp³-hybridized carbons (Fsp3) is 0.500. The molecule has 2 amide bonds. The van der Waals surface area contributed by atoms with Gasteiger partial charge in [-0.3, -0.25) is 19.5 Å². The van der Waals surface area contributed by atoms with E-state index in [0.29, 0.717) is 25.6 Å². The molecule has 2 aliphatic carbocycles. The topological polar surface area (TPSA) is 102 Å². The zero-order chi connectivity index (χ0) is 22.1. The molecule has 2 aromatic rings. The highest BCUT2D eigenvalue weighted by Crippen LogP contribution is 2.52. The van der Waals surface area contributed by atoms with Crippen LogP contribution in [-0.2, 0) is 16.0 Å². The monoisotopic (exact) mass is 434 g/mol. The Morgan fingerprint density at radius 2 is 1.91 bits per heavy atom. The first-order valence-electron chi connectivity index (χ1n) is 11.6. The summed E-state index contributed by atoms with van der Waals surface area (Å²) in [7, 11) is 0. The average Bonchev–Trinajstić information content (AvgIpc) is 3.55. The van der Waals surface area contributed by atoms with Crippen LogP contribution >= 0.6 is 0 Å². The molecule has 1 aromatic heterocycles. The molecule has 8 nitrogen and oxygen atoms in total. The van der Waals surface area contributed by atoms with Gasteiger partial charge in [-0.05, 0) is 43.7 Å². The summed E-state index contributed by atoms with van der Waals surface area (Å²) in [5.41, 5.74) is 2.04. The van der Waals surface area contributed by atoms with Gasteiger partial charge in [0.05, 0.1) is 22.9 Å². The van der Waals surface area contributed by atoms with E-state index < -0.39 is 0 Å². The molecule has 32 heavy (non-hydrogen) atoms. The minimum Gasteiger partial charge on any atom is -0.357 e. The molecule has 3 aliphatic rings. The first kappa shape index (κ1) is 20.7. The fourth-order valence-corrected chi connectivity index (χ4v) is 5.37. The van der Waals surface area contributed by atoms with Crippen molar-refractivity contribution < 1.29 is 9.59 Å². The van der Waals surface area contributed by atoms with E-state index in [1.807, 2.05) is 31.2 Å². The molecular weight excluding hydrogens is 404 g/mol. The van der Waals surface area contributed by atoms with Gasteiger partial charge in [-0.15, -0.1) is 0 Å². The van der Waals surface area contributed by atoms with Crippen LogP contribution in [0.1, 0.15) is 25.6 Å². The van der Waals surface area contributed by atoms with Gasteiger partial charge in [0, 0.05) is 32.6 Å². The van der Waals surface area contributed by atoms with Crippen molar-refractivity contribution in [1.82, 2.24) is 25.5 Å². The first-order valence-corrected chi connectivity index (χ1v) is 11.6. The van der Waals surface area contributed by atoms with Crippen molar-refractivity contribution >= 4 is 28.8 Å². The van der Waals surface area contributed by atoms with Crippen LogP contribution in [0.4, 0.5) is 0 Å². The zero-order valence-corrected chi connectivity index (χ0v) is 18.4. The first-order chi connectivity index (χ1) is 15.7. The Morgan fingerprint density at radius 1 is 1.16 bits per heavy atom. The Balaban J connectivity index is 1.10. The van der Waals surface area contributed by atoms with Gasteiger partial charge in [-0.1, -0.05) is 24.3 Å². The number of aromatic amines is 1. The number of hydrogen-bond acceptors (Lipinski definition) is 4. The smallest absolute Gasteiger partial charge is 0.233 e. The standard InChI is InChI=1S/C24H30N6O2/c1-2-25-24(26-11-5-8-19-28-17-6-3-4-7-18(17)29-19)27-12-13-30-22(31)20-15-9-10-16(14-15)21(20)23(30)32/h3-4,6-7,9-10,15-16,20-21H,2,5,8,11-14H2,1H3,(H,28,29)(H2,25,26,27). The van der Waals surface area contributed by atoms with Crippen LogP contribution in [0.5, 0.6) is 0 Å². The molecule has 4 atom stereocenters. The van der Waals surface area contributed by atoms with Crippen molar-refractivity contribution in [3.63, 3.8) is 0 Å². The number of benzene rings is 1. The number of aryl methyl sites for hydroxylation is 1. The van der Waals surface area contributed by atoms with E-state index in [-0.39, 0.29) is 35.5 Å². The summed E-state index contributed by atoms with van der Waals surface area (Å²) in [5, 5.41) is 6.50. The molecule has 1 saturated carbocycles. The molecule has 1 saturated heterocycles. The molecule has 0 radical (unpaired) electrons. The minimum atomic E-state index is -0.127. The van der Waals surface area contributed by atoms with E-state index in [1.165, 1.54) is 4.90 Å². The summed E-state index contributed by atoms with van der Waals surface area (Å²) in [4.78, 5) is 39.6. The molecule has 0 spiro atoms. The maximum absolute atomic E-state index is 12.8. The second kappa shape index (κ2) is 8.76. The van der Waals surface area contributed by atoms with E-state index in [9.17, 15) is 9.59 Å². The third-order valence-corrected chi connectivity index (χ3v) is 6.81. The summed E-state index contributed by atoms with van der Waals surface area (Å²) >= 11 is 0. The van der Waals surface area contributed by atoms with E-state index in [4.69, 9.17) is 0 Å². The SMILES string of the molecule is CCNC(=NCCCc1nc2ccccc2[nH]1)NCCN1C(=O)C2C3C=CC(C3)C2C1=O. The number of H-pyrrole nitrogens is 1. The average molecular weight is 435 g/mol. The lowest BCUT2D eigenvalue weighted by Crippen LogP contribution is -2.43. The maximum Gasteiger partial charge on any atom is 0.233 e. The van der Waals surface area contributed by atoms with Crippen LogP contribution in [0.15, 0.2) is 41.4 Å². The number of carbonyl (C=O) groups is 2. The lowest BCUT2D eigenvalue weighted by molar-refractivity contribution is -0.140. The predicted molar refractivity (Wildman–Crippen MR) is 123 cm³/mol. The Labute approximate surface area is 187 Å². The molecule has 3 N–H and O–H groups in total. The van der Waals surface area contributed by atoms with Gasteiger partial charge in [-0.2, -0.15) is 0 Å². The summed E-state index contributed by atoms with van der Waals surface area (Å²) in [6.45, 7) is 4.30. The lowest BCUT2D eigenvalue weighted by atomic mass is 9.85. The number of guanidine groups is 1. The van der Waals surface area contributed by atoms with Crippen molar-refractivity contribution in [3.05, 3.63) is 42.2 Å². The Kier molecular flexibility index (Phi) is 5.68. The number of allylic oxidation sites excluding steroid dienone is 2. The maximum atomic E-state index is 12.8. The van der Waals surface area contributed by atoms with E-state index >= 15 is 0 Å². The molecule has 8 heteroatoms. The molecule has 1 aliphatic heterocycles. The number of carbonyl (C=O) groups excluding carboxylic acids is 2. The molecule has 4 unspecified atom stereocenters. The zero-order valence-electron chi connectivity index (χ0n) is 18.4. The number of aliphatic imine (C=N–C) groups is 1. The number of imidazole rings is 1. The van der Waals surface area contributed by atoms with Gasteiger partial charge in [0.25, 0.3) is 0 Å². The molecule has 1 aromatic carbocycles. The summed E-state index contributed by atoms with van der Waals surface area (Å²) in [6, 6.07) is 8.02. The Hall–Kier alpha value is -3.16. The number of likely N-dealkylation sites (tertiary alicyclic amines) is 1. The quantitative estimate of drug-likeness (QED) is 0.194. The highest BCUT2D eigenvalue weighted by atomic mass is 16.2. The van der Waals surface area contributed by atoms with Crippen molar-refractivity contribution in [2.24, 2.45) is 28.7 Å². The van der Waals surface area contributed by atoms with Crippen LogP contribution in [0.25, 0.3) is 11.0 Å². The third kappa shape index (κ3) is 3.78. The molecular formula is C24H30N6O2. The van der Waals surface area contributed by atoms with Crippen LogP contribution < -0.4 is 10.6 Å². The number of fused-ring (bicyclic) bond motifs is 6. The van der Waals surface area contributed by atoms with Gasteiger partial charge >= 0.3 is 0 Å². The van der Waals surface area contributed by atoms with Crippen LogP contribution in [-0.4, -0.2) is 58.8 Å². The van der Waals surface area contributed by atoms with Crippen LogP contribution in [0.2, 0.25) is 0 Å². The highest BCUT2D eigenvalue weighted by Gasteiger charge is 2.58. The Morgan fingerprint density at radius 3 is 2.62 bits per heavy atom. The number of hydrogen-bond donors (Lipinski definition) is 3. The number of rotatable bonds is 8. The van der Waals surface area contributed by atoms with Gasteiger partial charge in [0.1, 0.15) is 5.82 Å². The van der Waals surface area contributed by atoms with Crippen LogP contribution in [0.3, 0.4) is 0 Å². The van der Waals surface area contributed by atoms with Gasteiger partial charge in [-0.25, -0.2) is 4.98 Å². The van der Waals surface area contributed by atoms with Gasteiger partial charge in [0.2, 0.25) is 11.8 Å². The molecule has 2 fully saturated rings. The van der Waals surface area contributed by atoms with Crippen LogP contribution in [0, 0.1) is 23.7 Å². The van der Waals surface area contributed by atoms with Crippen molar-refractivity contribution in [3.8, 4) is 0 Å². The van der Waals surface area contributed by atoms with Crippen molar-refractivity contribution in [2.75, 3.05) is 26.2 Å². The number of nitrogens with zero attached hydrogens (tertiary/aromatic N) is 3. The normalized spacial score (nSPS) is 26.4. The second-order valence-corrected chi connectivity index (χ2v) is 8.82.